The van der Waals surface area contributed by atoms with Crippen molar-refractivity contribution in [3.8, 4) is 0 Å². The average molecular weight is 390 g/mol. The molecule has 0 aliphatic heterocycles. The molecule has 0 radical (unpaired) electrons. The largest absolute Gasteiger partial charge is 0.476 e. The number of aromatic amines is 2. The lowest BCUT2D eigenvalue weighted by Gasteiger charge is -2.16. The van der Waals surface area contributed by atoms with Crippen LogP contribution in [0.1, 0.15) is 58.3 Å². The Morgan fingerprint density at radius 2 is 1.88 bits per heavy atom. The average Bonchev–Trinajstić information content (AvgIpc) is 2.53. The maximum absolute atomic E-state index is 5.74. The van der Waals surface area contributed by atoms with Crippen LogP contribution >= 0.6 is 36.2 Å². The lowest BCUT2D eigenvalue weighted by molar-refractivity contribution is -0.0262. The molecule has 0 aromatic carbocycles. The van der Waals surface area contributed by atoms with Gasteiger partial charge in [-0.2, -0.15) is 4.98 Å². The maximum Gasteiger partial charge on any atom is 0.201 e. The molecule has 0 bridgehead atoms. The Hall–Kier alpha value is -0.700. The van der Waals surface area contributed by atoms with Gasteiger partial charge >= 0.3 is 0 Å². The van der Waals surface area contributed by atoms with Gasteiger partial charge in [-0.15, -0.1) is 0 Å². The summed E-state index contributed by atoms with van der Waals surface area (Å²) in [5.74, 6) is 0. The number of nitrogens with zero attached hydrogens (tertiary/aromatic N) is 1. The SMILES string of the molecule is C=COCOC(CCCCCCCCC)Sc1nc(=S)[nH]c(=S)[nH]1. The van der Waals surface area contributed by atoms with Crippen molar-refractivity contribution in [2.75, 3.05) is 6.79 Å². The molecule has 136 valence electrons. The van der Waals surface area contributed by atoms with Crippen molar-refractivity contribution in [1.29, 1.82) is 0 Å². The zero-order valence-corrected chi connectivity index (χ0v) is 16.7. The fourth-order valence-corrected chi connectivity index (χ4v) is 3.70. The molecule has 0 saturated carbocycles. The number of hydrogen-bond acceptors (Lipinski definition) is 6. The molecule has 2 N–H and O–H groups in total. The summed E-state index contributed by atoms with van der Waals surface area (Å²) in [4.78, 5) is 10.0. The van der Waals surface area contributed by atoms with Gasteiger partial charge in [0.1, 0.15) is 5.44 Å². The van der Waals surface area contributed by atoms with Crippen molar-refractivity contribution in [2.45, 2.75) is 68.9 Å². The molecule has 1 unspecified atom stereocenters. The van der Waals surface area contributed by atoms with E-state index in [1.165, 1.54) is 56.5 Å². The number of hydrogen-bond donors (Lipinski definition) is 2. The van der Waals surface area contributed by atoms with Crippen LogP contribution in [-0.4, -0.2) is 27.2 Å². The van der Waals surface area contributed by atoms with E-state index in [-0.39, 0.29) is 12.2 Å². The summed E-state index contributed by atoms with van der Waals surface area (Å²) < 4.78 is 11.7. The highest BCUT2D eigenvalue weighted by Gasteiger charge is 2.13. The third kappa shape index (κ3) is 10.2. The van der Waals surface area contributed by atoms with Crippen LogP contribution < -0.4 is 0 Å². The summed E-state index contributed by atoms with van der Waals surface area (Å²) in [5.41, 5.74) is -0.0597. The first-order valence-electron chi connectivity index (χ1n) is 8.37. The summed E-state index contributed by atoms with van der Waals surface area (Å²) in [6.07, 6.45) is 11.2. The molecule has 5 nitrogen and oxygen atoms in total. The number of H-pyrrole nitrogens is 2. The van der Waals surface area contributed by atoms with Crippen LogP contribution in [-0.2, 0) is 9.47 Å². The molecule has 1 rings (SSSR count). The first kappa shape index (κ1) is 21.3. The Kier molecular flexibility index (Phi) is 12.1. The standard InChI is InChI=1S/C16H27N3O2S3/c1-3-5-6-7-8-9-10-11-13(21-12-20-4-2)24-16-18-14(22)17-15(23)19-16/h4,13H,2-3,5-12H2,1H3,(H2,17,18,19,22,23). The summed E-state index contributed by atoms with van der Waals surface area (Å²) in [6, 6.07) is 0. The van der Waals surface area contributed by atoms with E-state index in [9.17, 15) is 0 Å². The quantitative estimate of drug-likeness (QED) is 0.136. The number of nitrogens with one attached hydrogen (secondary N) is 2. The minimum Gasteiger partial charge on any atom is -0.476 e. The minimum absolute atomic E-state index is 0.0597. The molecule has 1 atom stereocenters. The smallest absolute Gasteiger partial charge is 0.201 e. The van der Waals surface area contributed by atoms with Gasteiger partial charge in [-0.25, -0.2) is 0 Å². The number of ether oxygens (including phenoxy) is 2. The molecule has 1 aromatic rings. The van der Waals surface area contributed by atoms with Gasteiger partial charge in [-0.05, 0) is 37.3 Å². The van der Waals surface area contributed by atoms with Gasteiger partial charge in [0.2, 0.25) is 4.77 Å². The fourth-order valence-electron chi connectivity index (χ4n) is 2.16. The van der Waals surface area contributed by atoms with Gasteiger partial charge in [-0.3, -0.25) is 0 Å². The predicted molar refractivity (Wildman–Crippen MR) is 104 cm³/mol. The summed E-state index contributed by atoms with van der Waals surface area (Å²) in [5, 5.41) is 0.662. The van der Waals surface area contributed by atoms with Crippen LogP contribution in [0.3, 0.4) is 0 Å². The molecule has 1 heterocycles. The Morgan fingerprint density at radius 1 is 1.17 bits per heavy atom. The predicted octanol–water partition coefficient (Wildman–Crippen LogP) is 5.89. The second kappa shape index (κ2) is 13.6. The second-order valence-corrected chi connectivity index (χ2v) is 7.32. The van der Waals surface area contributed by atoms with Crippen LogP contribution in [0, 0.1) is 9.54 Å². The molecule has 0 aliphatic carbocycles. The summed E-state index contributed by atoms with van der Waals surface area (Å²) >= 11 is 11.6. The number of aromatic nitrogens is 3. The maximum atomic E-state index is 5.74. The third-order valence-corrected chi connectivity index (χ3v) is 4.82. The minimum atomic E-state index is -0.0597. The van der Waals surface area contributed by atoms with E-state index in [2.05, 4.69) is 28.5 Å². The van der Waals surface area contributed by atoms with Gasteiger partial charge in [0, 0.05) is 0 Å². The molecular formula is C16H27N3O2S3. The molecule has 1 aromatic heterocycles. The van der Waals surface area contributed by atoms with Crippen molar-refractivity contribution < 1.29 is 9.47 Å². The summed E-state index contributed by atoms with van der Waals surface area (Å²) in [7, 11) is 0. The Labute approximate surface area is 158 Å². The van der Waals surface area contributed by atoms with Crippen molar-refractivity contribution in [2.24, 2.45) is 0 Å². The van der Waals surface area contributed by atoms with E-state index in [0.29, 0.717) is 14.7 Å². The van der Waals surface area contributed by atoms with E-state index >= 15 is 0 Å². The third-order valence-electron chi connectivity index (χ3n) is 3.37. The topological polar surface area (TPSA) is 62.9 Å². The molecule has 8 heteroatoms. The van der Waals surface area contributed by atoms with Gasteiger partial charge in [-0.1, -0.05) is 63.8 Å². The lowest BCUT2D eigenvalue weighted by atomic mass is 10.1. The zero-order valence-electron chi connectivity index (χ0n) is 14.2. The van der Waals surface area contributed by atoms with Crippen LogP contribution in [0.2, 0.25) is 0 Å². The molecule has 0 amide bonds. The van der Waals surface area contributed by atoms with Crippen molar-refractivity contribution in [1.82, 2.24) is 15.0 Å². The van der Waals surface area contributed by atoms with Crippen molar-refractivity contribution in [3.63, 3.8) is 0 Å². The fraction of sp³-hybridized carbons (Fsp3) is 0.688. The van der Waals surface area contributed by atoms with Gasteiger partial charge in [0.25, 0.3) is 0 Å². The molecule has 24 heavy (non-hydrogen) atoms. The zero-order chi connectivity index (χ0) is 17.6. The molecule has 0 aliphatic rings. The molecule has 0 spiro atoms. The van der Waals surface area contributed by atoms with Crippen LogP contribution in [0.4, 0.5) is 0 Å². The number of thioether (sulfide) groups is 1. The number of rotatable bonds is 14. The molecule has 0 fully saturated rings. The van der Waals surface area contributed by atoms with E-state index < -0.39 is 0 Å². The number of unbranched alkanes of at least 4 members (excludes halogenated alkanes) is 6. The molecular weight excluding hydrogens is 362 g/mol. The lowest BCUT2D eigenvalue weighted by Crippen LogP contribution is -2.11. The van der Waals surface area contributed by atoms with Crippen LogP contribution in [0.15, 0.2) is 18.0 Å². The van der Waals surface area contributed by atoms with E-state index in [1.807, 2.05) is 0 Å². The summed E-state index contributed by atoms with van der Waals surface area (Å²) in [6.45, 7) is 5.93. The Bertz CT molecular complexity index is 546. The van der Waals surface area contributed by atoms with Gasteiger partial charge < -0.3 is 19.4 Å². The highest BCUT2D eigenvalue weighted by Crippen LogP contribution is 2.25. The van der Waals surface area contributed by atoms with Gasteiger partial charge in [0.15, 0.2) is 16.7 Å². The first-order valence-corrected chi connectivity index (χ1v) is 10.1. The second-order valence-electron chi connectivity index (χ2n) is 5.38. The van der Waals surface area contributed by atoms with E-state index in [0.717, 1.165) is 12.8 Å². The normalized spacial score (nSPS) is 12.0. The monoisotopic (exact) mass is 389 g/mol. The van der Waals surface area contributed by atoms with E-state index in [4.69, 9.17) is 33.9 Å². The van der Waals surface area contributed by atoms with Crippen molar-refractivity contribution >= 4 is 36.2 Å². The Balaban J connectivity index is 2.43. The van der Waals surface area contributed by atoms with Gasteiger partial charge in [0.05, 0.1) is 6.26 Å². The van der Waals surface area contributed by atoms with E-state index in [1.54, 1.807) is 0 Å². The highest BCUT2D eigenvalue weighted by molar-refractivity contribution is 7.99. The molecule has 0 saturated heterocycles. The highest BCUT2D eigenvalue weighted by atomic mass is 32.2. The van der Waals surface area contributed by atoms with Crippen molar-refractivity contribution in [3.05, 3.63) is 22.4 Å². The van der Waals surface area contributed by atoms with Crippen LogP contribution in [0.25, 0.3) is 0 Å². The van der Waals surface area contributed by atoms with Crippen LogP contribution in [0.5, 0.6) is 0 Å². The Morgan fingerprint density at radius 3 is 2.54 bits per heavy atom. The first-order chi connectivity index (χ1) is 11.7.